The number of pyridine rings is 1. The van der Waals surface area contributed by atoms with E-state index in [4.69, 9.17) is 9.72 Å². The van der Waals surface area contributed by atoms with Crippen molar-refractivity contribution in [2.24, 2.45) is 0 Å². The lowest BCUT2D eigenvalue weighted by Crippen LogP contribution is -2.44. The molecule has 1 aliphatic carbocycles. The third-order valence-electron chi connectivity index (χ3n) is 6.90. The number of amides is 1. The van der Waals surface area contributed by atoms with Gasteiger partial charge in [-0.2, -0.15) is 23.4 Å². The molecule has 2 aliphatic rings. The average Bonchev–Trinajstić information content (AvgIpc) is 3.50. The van der Waals surface area contributed by atoms with Gasteiger partial charge in [0, 0.05) is 23.9 Å². The fourth-order valence-corrected chi connectivity index (χ4v) is 5.34. The summed E-state index contributed by atoms with van der Waals surface area (Å²) in [6, 6.07) is 3.54. The second-order valence-electron chi connectivity index (χ2n) is 9.17. The molecule has 1 saturated heterocycles. The summed E-state index contributed by atoms with van der Waals surface area (Å²) in [6.07, 6.45) is -0.400. The number of rotatable bonds is 2. The number of aromatic amines is 2. The molecule has 6 rings (SSSR count). The molecular formula is C24H23F3N6O2. The summed E-state index contributed by atoms with van der Waals surface area (Å²) < 4.78 is 46.6. The van der Waals surface area contributed by atoms with Crippen molar-refractivity contribution in [3.8, 4) is 11.3 Å². The number of nitrogens with zero attached hydrogens (tertiary/aromatic N) is 4. The Morgan fingerprint density at radius 3 is 2.71 bits per heavy atom. The van der Waals surface area contributed by atoms with Gasteiger partial charge in [-0.25, -0.2) is 4.98 Å². The van der Waals surface area contributed by atoms with Gasteiger partial charge < -0.3 is 9.64 Å². The Bertz CT molecular complexity index is 1460. The molecule has 11 heteroatoms. The van der Waals surface area contributed by atoms with Crippen LogP contribution in [0.1, 0.15) is 47.1 Å². The van der Waals surface area contributed by atoms with Gasteiger partial charge in [0.05, 0.1) is 41.2 Å². The molecule has 0 spiro atoms. The summed E-state index contributed by atoms with van der Waals surface area (Å²) >= 11 is 0. The summed E-state index contributed by atoms with van der Waals surface area (Å²) in [6.45, 7) is 3.33. The van der Waals surface area contributed by atoms with Crippen LogP contribution in [0.4, 0.5) is 13.2 Å². The molecule has 1 aliphatic heterocycles. The number of carbonyl (C=O) groups excluding carboxylic acids is 1. The average molecular weight is 484 g/mol. The van der Waals surface area contributed by atoms with Crippen LogP contribution >= 0.6 is 0 Å². The number of halogens is 3. The molecule has 1 amide bonds. The van der Waals surface area contributed by atoms with Crippen molar-refractivity contribution in [1.82, 2.24) is 30.3 Å². The lowest BCUT2D eigenvalue weighted by atomic mass is 9.85. The van der Waals surface area contributed by atoms with Crippen LogP contribution in [0.25, 0.3) is 33.1 Å². The van der Waals surface area contributed by atoms with Gasteiger partial charge in [-0.3, -0.25) is 15.0 Å². The number of morpholine rings is 1. The van der Waals surface area contributed by atoms with Crippen LogP contribution in [0.15, 0.2) is 18.3 Å². The van der Waals surface area contributed by atoms with Crippen molar-refractivity contribution >= 4 is 27.7 Å². The van der Waals surface area contributed by atoms with Crippen LogP contribution in [0.3, 0.4) is 0 Å². The second kappa shape index (κ2) is 8.04. The number of benzene rings is 1. The van der Waals surface area contributed by atoms with Crippen molar-refractivity contribution in [2.45, 2.75) is 44.9 Å². The van der Waals surface area contributed by atoms with Gasteiger partial charge in [0.1, 0.15) is 5.69 Å². The molecule has 0 saturated carbocycles. The SMILES string of the molecule is C[C@H]1CN(C(=O)c2n[nH]c3ccc4nc(-c5cn[nH]c5C(F)(F)F)c5c(c4c23)CCCC5)CCO1. The van der Waals surface area contributed by atoms with Crippen molar-refractivity contribution in [3.05, 3.63) is 40.8 Å². The first-order chi connectivity index (χ1) is 16.8. The number of hydrogen-bond donors (Lipinski definition) is 2. The monoisotopic (exact) mass is 484 g/mol. The maximum Gasteiger partial charge on any atom is 0.433 e. The van der Waals surface area contributed by atoms with Crippen molar-refractivity contribution in [1.29, 1.82) is 0 Å². The predicted octanol–water partition coefficient (Wildman–Crippen LogP) is 4.26. The highest BCUT2D eigenvalue weighted by molar-refractivity contribution is 6.17. The number of alkyl halides is 3. The standard InChI is InChI=1S/C24H23F3N6O2/c1-12-11-33(8-9-35-12)23(34)21-19-17(30-31-21)7-6-16-18(19)13-4-2-3-5-14(13)20(29-16)15-10-28-32-22(15)24(25,26)27/h6-7,10,12H,2-5,8-9,11H2,1H3,(H,28,32)(H,30,31)/t12-/m0/s1. The van der Waals surface area contributed by atoms with Crippen LogP contribution in [0, 0.1) is 0 Å². The van der Waals surface area contributed by atoms with Crippen LogP contribution in [0.2, 0.25) is 0 Å². The van der Waals surface area contributed by atoms with Crippen molar-refractivity contribution < 1.29 is 22.7 Å². The highest BCUT2D eigenvalue weighted by Crippen LogP contribution is 2.42. The van der Waals surface area contributed by atoms with E-state index in [-0.39, 0.29) is 17.6 Å². The van der Waals surface area contributed by atoms with E-state index in [9.17, 15) is 18.0 Å². The Morgan fingerprint density at radius 1 is 1.14 bits per heavy atom. The number of hydrogen-bond acceptors (Lipinski definition) is 5. The minimum absolute atomic E-state index is 0.0524. The van der Waals surface area contributed by atoms with E-state index in [1.807, 2.05) is 6.92 Å². The summed E-state index contributed by atoms with van der Waals surface area (Å²) in [4.78, 5) is 19.9. The highest BCUT2D eigenvalue weighted by atomic mass is 19.4. The first-order valence-electron chi connectivity index (χ1n) is 11.7. The van der Waals surface area contributed by atoms with Gasteiger partial charge in [0.25, 0.3) is 5.91 Å². The summed E-state index contributed by atoms with van der Waals surface area (Å²) in [5.74, 6) is -0.193. The molecule has 3 aromatic heterocycles. The summed E-state index contributed by atoms with van der Waals surface area (Å²) in [5, 5.41) is 14.6. The summed E-state index contributed by atoms with van der Waals surface area (Å²) in [7, 11) is 0. The highest BCUT2D eigenvalue weighted by Gasteiger charge is 2.37. The molecular weight excluding hydrogens is 461 g/mol. The van der Waals surface area contributed by atoms with E-state index in [0.717, 1.165) is 29.4 Å². The number of ether oxygens (including phenoxy) is 1. The van der Waals surface area contributed by atoms with Crippen molar-refractivity contribution in [3.63, 3.8) is 0 Å². The first-order valence-corrected chi connectivity index (χ1v) is 11.7. The maximum atomic E-state index is 13.7. The zero-order chi connectivity index (χ0) is 24.3. The van der Waals surface area contributed by atoms with E-state index in [1.165, 1.54) is 6.20 Å². The molecule has 35 heavy (non-hydrogen) atoms. The topological polar surface area (TPSA) is 99.8 Å². The molecule has 0 radical (unpaired) electrons. The lowest BCUT2D eigenvalue weighted by molar-refractivity contribution is -0.140. The number of aromatic nitrogens is 5. The Labute approximate surface area is 197 Å². The number of fused-ring (bicyclic) bond motifs is 5. The van der Waals surface area contributed by atoms with E-state index in [1.54, 1.807) is 17.0 Å². The zero-order valence-corrected chi connectivity index (χ0v) is 19.0. The largest absolute Gasteiger partial charge is 0.433 e. The first kappa shape index (κ1) is 22.0. The molecule has 1 fully saturated rings. The fraction of sp³-hybridized carbons (Fsp3) is 0.417. The van der Waals surface area contributed by atoms with Gasteiger partial charge >= 0.3 is 6.18 Å². The van der Waals surface area contributed by atoms with Crippen molar-refractivity contribution in [2.75, 3.05) is 19.7 Å². The summed E-state index contributed by atoms with van der Waals surface area (Å²) in [5.41, 5.74) is 2.59. The van der Waals surface area contributed by atoms with E-state index in [0.29, 0.717) is 60.3 Å². The number of carbonyl (C=O) groups is 1. The predicted molar refractivity (Wildman–Crippen MR) is 122 cm³/mol. The number of aryl methyl sites for hydroxylation is 1. The Kier molecular flexibility index (Phi) is 5.06. The van der Waals surface area contributed by atoms with Gasteiger partial charge in [-0.1, -0.05) is 0 Å². The Balaban J connectivity index is 1.59. The van der Waals surface area contributed by atoms with Gasteiger partial charge in [-0.15, -0.1) is 0 Å². The van der Waals surface area contributed by atoms with Crippen LogP contribution in [-0.4, -0.2) is 62.0 Å². The van der Waals surface area contributed by atoms with Crippen LogP contribution in [0.5, 0.6) is 0 Å². The van der Waals surface area contributed by atoms with Gasteiger partial charge in [0.15, 0.2) is 5.69 Å². The molecule has 1 atom stereocenters. The van der Waals surface area contributed by atoms with E-state index in [2.05, 4.69) is 20.4 Å². The maximum absolute atomic E-state index is 13.7. The third-order valence-corrected chi connectivity index (χ3v) is 6.90. The molecule has 0 bridgehead atoms. The Morgan fingerprint density at radius 2 is 1.94 bits per heavy atom. The smallest absolute Gasteiger partial charge is 0.375 e. The molecule has 4 aromatic rings. The fourth-order valence-electron chi connectivity index (χ4n) is 5.34. The lowest BCUT2D eigenvalue weighted by Gasteiger charge is -2.30. The van der Waals surface area contributed by atoms with E-state index >= 15 is 0 Å². The normalized spacial score (nSPS) is 18.9. The molecule has 182 valence electrons. The number of H-pyrrole nitrogens is 2. The van der Waals surface area contributed by atoms with Gasteiger partial charge in [-0.05, 0) is 55.9 Å². The number of nitrogens with one attached hydrogen (secondary N) is 2. The Hall–Kier alpha value is -3.47. The second-order valence-corrected chi connectivity index (χ2v) is 9.17. The quantitative estimate of drug-likeness (QED) is 0.443. The third kappa shape index (κ3) is 3.56. The molecule has 1 aromatic carbocycles. The van der Waals surface area contributed by atoms with E-state index < -0.39 is 11.9 Å². The van der Waals surface area contributed by atoms with Crippen LogP contribution in [-0.2, 0) is 23.8 Å². The minimum atomic E-state index is -4.58. The minimum Gasteiger partial charge on any atom is -0.375 e. The molecule has 2 N–H and O–H groups in total. The zero-order valence-electron chi connectivity index (χ0n) is 19.0. The molecule has 8 nitrogen and oxygen atoms in total. The molecule has 0 unspecified atom stereocenters. The molecule has 4 heterocycles. The van der Waals surface area contributed by atoms with Crippen LogP contribution < -0.4 is 0 Å². The van der Waals surface area contributed by atoms with Gasteiger partial charge in [0.2, 0.25) is 0 Å².